The lowest BCUT2D eigenvalue weighted by Crippen LogP contribution is -1.91. The highest BCUT2D eigenvalue weighted by Gasteiger charge is 2.21. The van der Waals surface area contributed by atoms with Crippen LogP contribution in [0.1, 0.15) is 29.2 Å². The maximum atomic E-state index is 9.49. The summed E-state index contributed by atoms with van der Waals surface area (Å²) in [4.78, 5) is 0. The number of nitrogens with zero attached hydrogens (tertiary/aromatic N) is 1. The van der Waals surface area contributed by atoms with Crippen LogP contribution in [-0.2, 0) is 6.42 Å². The lowest BCUT2D eigenvalue weighted by Gasteiger charge is -2.02. The molecule has 0 aliphatic heterocycles. The summed E-state index contributed by atoms with van der Waals surface area (Å²) in [5.74, 6) is 0. The standard InChI is InChI=1S/C10H9NO/c11-6-7-2-1-3-9-8(7)4-5-10(9)12/h1-3,10,12H,4-5H2/t10-/m1/s1. The van der Waals surface area contributed by atoms with Crippen molar-refractivity contribution < 1.29 is 5.11 Å². The van der Waals surface area contributed by atoms with Gasteiger partial charge in [0.1, 0.15) is 0 Å². The van der Waals surface area contributed by atoms with Gasteiger partial charge in [-0.1, -0.05) is 12.1 Å². The molecule has 60 valence electrons. The van der Waals surface area contributed by atoms with Gasteiger partial charge in [-0.05, 0) is 30.0 Å². The Kier molecular flexibility index (Phi) is 1.60. The number of aliphatic hydroxyl groups is 1. The van der Waals surface area contributed by atoms with E-state index in [4.69, 9.17) is 5.26 Å². The van der Waals surface area contributed by atoms with Gasteiger partial charge in [-0.25, -0.2) is 0 Å². The lowest BCUT2D eigenvalue weighted by atomic mass is 10.0. The van der Waals surface area contributed by atoms with E-state index >= 15 is 0 Å². The number of nitriles is 1. The first-order valence-electron chi connectivity index (χ1n) is 4.03. The fraction of sp³-hybridized carbons (Fsp3) is 0.300. The fourth-order valence-electron chi connectivity index (χ4n) is 1.74. The van der Waals surface area contributed by atoms with Gasteiger partial charge in [-0.15, -0.1) is 0 Å². The summed E-state index contributed by atoms with van der Waals surface area (Å²) >= 11 is 0. The predicted molar refractivity (Wildman–Crippen MR) is 44.4 cm³/mol. The average molecular weight is 159 g/mol. The Hall–Kier alpha value is -1.33. The molecule has 1 atom stereocenters. The minimum absolute atomic E-state index is 0.353. The highest BCUT2D eigenvalue weighted by Crippen LogP contribution is 2.32. The molecule has 0 spiro atoms. The van der Waals surface area contributed by atoms with E-state index in [0.29, 0.717) is 5.56 Å². The van der Waals surface area contributed by atoms with Gasteiger partial charge in [-0.2, -0.15) is 5.26 Å². The van der Waals surface area contributed by atoms with E-state index in [1.165, 1.54) is 0 Å². The third-order valence-corrected chi connectivity index (χ3v) is 2.36. The van der Waals surface area contributed by atoms with E-state index in [1.54, 1.807) is 6.07 Å². The molecule has 0 fully saturated rings. The van der Waals surface area contributed by atoms with E-state index in [2.05, 4.69) is 6.07 Å². The largest absolute Gasteiger partial charge is 0.388 e. The summed E-state index contributed by atoms with van der Waals surface area (Å²) in [7, 11) is 0. The second kappa shape index (κ2) is 2.62. The number of hydrogen-bond donors (Lipinski definition) is 1. The van der Waals surface area contributed by atoms with Crippen molar-refractivity contribution in [2.75, 3.05) is 0 Å². The van der Waals surface area contributed by atoms with Crippen LogP contribution in [0.25, 0.3) is 0 Å². The van der Waals surface area contributed by atoms with Crippen LogP contribution in [0.5, 0.6) is 0 Å². The first kappa shape index (κ1) is 7.33. The maximum Gasteiger partial charge on any atom is 0.0994 e. The molecular weight excluding hydrogens is 150 g/mol. The highest BCUT2D eigenvalue weighted by atomic mass is 16.3. The number of benzene rings is 1. The quantitative estimate of drug-likeness (QED) is 0.624. The molecule has 0 heterocycles. The molecule has 1 aliphatic rings. The molecule has 1 N–H and O–H groups in total. The first-order chi connectivity index (χ1) is 5.83. The van der Waals surface area contributed by atoms with Crippen molar-refractivity contribution in [3.05, 3.63) is 34.9 Å². The van der Waals surface area contributed by atoms with Crippen LogP contribution in [0.2, 0.25) is 0 Å². The van der Waals surface area contributed by atoms with Gasteiger partial charge in [0, 0.05) is 0 Å². The van der Waals surface area contributed by atoms with Crippen molar-refractivity contribution in [1.82, 2.24) is 0 Å². The van der Waals surface area contributed by atoms with Gasteiger partial charge in [0.05, 0.1) is 17.7 Å². The highest BCUT2D eigenvalue weighted by molar-refractivity contribution is 5.46. The van der Waals surface area contributed by atoms with Gasteiger partial charge in [-0.3, -0.25) is 0 Å². The van der Waals surface area contributed by atoms with Crippen LogP contribution in [0.4, 0.5) is 0 Å². The zero-order valence-corrected chi connectivity index (χ0v) is 6.62. The van der Waals surface area contributed by atoms with Crippen LogP contribution in [0, 0.1) is 11.3 Å². The monoisotopic (exact) mass is 159 g/mol. The van der Waals surface area contributed by atoms with Gasteiger partial charge in [0.2, 0.25) is 0 Å². The molecule has 2 rings (SSSR count). The Labute approximate surface area is 71.1 Å². The predicted octanol–water partition coefficient (Wildman–Crippen LogP) is 1.54. The minimum Gasteiger partial charge on any atom is -0.388 e. The molecule has 1 aliphatic carbocycles. The second-order valence-corrected chi connectivity index (χ2v) is 3.04. The SMILES string of the molecule is N#Cc1cccc2c1CC[C@H]2O. The summed E-state index contributed by atoms with van der Waals surface area (Å²) in [6.45, 7) is 0. The molecule has 1 aromatic carbocycles. The third kappa shape index (κ3) is 0.910. The summed E-state index contributed by atoms with van der Waals surface area (Å²) < 4.78 is 0. The van der Waals surface area contributed by atoms with Crippen molar-refractivity contribution in [1.29, 1.82) is 5.26 Å². The van der Waals surface area contributed by atoms with E-state index < -0.39 is 0 Å². The molecule has 0 saturated carbocycles. The number of aliphatic hydroxyl groups excluding tert-OH is 1. The smallest absolute Gasteiger partial charge is 0.0994 e. The number of hydrogen-bond acceptors (Lipinski definition) is 2. The van der Waals surface area contributed by atoms with Crippen molar-refractivity contribution in [2.24, 2.45) is 0 Å². The van der Waals surface area contributed by atoms with Crippen LogP contribution in [0.3, 0.4) is 0 Å². The zero-order valence-electron chi connectivity index (χ0n) is 6.62. The van der Waals surface area contributed by atoms with Crippen LogP contribution < -0.4 is 0 Å². The van der Waals surface area contributed by atoms with Crippen molar-refractivity contribution >= 4 is 0 Å². The zero-order chi connectivity index (χ0) is 8.55. The topological polar surface area (TPSA) is 44.0 Å². The summed E-state index contributed by atoms with van der Waals surface area (Å²) in [6, 6.07) is 7.66. The van der Waals surface area contributed by atoms with Gasteiger partial charge in [0.25, 0.3) is 0 Å². The number of fused-ring (bicyclic) bond motifs is 1. The van der Waals surface area contributed by atoms with Crippen LogP contribution in [-0.4, -0.2) is 5.11 Å². The summed E-state index contributed by atoms with van der Waals surface area (Å²) in [5, 5.41) is 18.2. The first-order valence-corrected chi connectivity index (χ1v) is 4.03. The Morgan fingerprint density at radius 2 is 2.33 bits per heavy atom. The van der Waals surface area contributed by atoms with Crippen LogP contribution >= 0.6 is 0 Å². The molecule has 0 unspecified atom stereocenters. The maximum absolute atomic E-state index is 9.49. The molecule has 0 bridgehead atoms. The molecule has 0 saturated heterocycles. The Morgan fingerprint density at radius 1 is 1.50 bits per heavy atom. The Balaban J connectivity index is 2.60. The number of rotatable bonds is 0. The van der Waals surface area contributed by atoms with Gasteiger partial charge in [0.15, 0.2) is 0 Å². The normalized spacial score (nSPS) is 20.2. The molecule has 12 heavy (non-hydrogen) atoms. The Bertz CT molecular complexity index is 351. The van der Waals surface area contributed by atoms with Crippen molar-refractivity contribution in [3.63, 3.8) is 0 Å². The molecule has 1 aromatic rings. The van der Waals surface area contributed by atoms with E-state index in [1.807, 2.05) is 12.1 Å². The molecule has 0 aromatic heterocycles. The van der Waals surface area contributed by atoms with E-state index in [-0.39, 0.29) is 6.10 Å². The summed E-state index contributed by atoms with van der Waals surface area (Å²) in [5.41, 5.74) is 2.69. The van der Waals surface area contributed by atoms with Gasteiger partial charge >= 0.3 is 0 Å². The average Bonchev–Trinajstić information content (AvgIpc) is 2.48. The van der Waals surface area contributed by atoms with E-state index in [0.717, 1.165) is 24.0 Å². The fourth-order valence-corrected chi connectivity index (χ4v) is 1.74. The second-order valence-electron chi connectivity index (χ2n) is 3.04. The van der Waals surface area contributed by atoms with E-state index in [9.17, 15) is 5.11 Å². The molecular formula is C10H9NO. The minimum atomic E-state index is -0.353. The third-order valence-electron chi connectivity index (χ3n) is 2.36. The molecule has 2 heteroatoms. The lowest BCUT2D eigenvalue weighted by molar-refractivity contribution is 0.180. The summed E-state index contributed by atoms with van der Waals surface area (Å²) in [6.07, 6.45) is 1.24. The van der Waals surface area contributed by atoms with Gasteiger partial charge < -0.3 is 5.11 Å². The Morgan fingerprint density at radius 3 is 3.08 bits per heavy atom. The van der Waals surface area contributed by atoms with Crippen molar-refractivity contribution in [2.45, 2.75) is 18.9 Å². The van der Waals surface area contributed by atoms with Crippen molar-refractivity contribution in [3.8, 4) is 6.07 Å². The van der Waals surface area contributed by atoms with Crippen LogP contribution in [0.15, 0.2) is 18.2 Å². The molecule has 2 nitrogen and oxygen atoms in total. The molecule has 0 amide bonds. The molecule has 0 radical (unpaired) electrons.